The molecule has 5 heteroatoms. The second-order valence-electron chi connectivity index (χ2n) is 6.27. The Bertz CT molecular complexity index is 410. The van der Waals surface area contributed by atoms with E-state index in [1.807, 2.05) is 6.08 Å². The van der Waals surface area contributed by atoms with Crippen molar-refractivity contribution in [1.29, 1.82) is 0 Å². The molecule has 0 aromatic rings. The van der Waals surface area contributed by atoms with Gasteiger partial charge in [-0.2, -0.15) is 0 Å². The molecule has 0 aromatic heterocycles. The lowest BCUT2D eigenvalue weighted by Crippen LogP contribution is -2.42. The number of likely N-dealkylation sites (tertiary alicyclic amines) is 1. The molecular weight excluding hydrogens is 292 g/mol. The minimum atomic E-state index is -0.511. The first-order valence-corrected chi connectivity index (χ1v) is 8.52. The van der Waals surface area contributed by atoms with Gasteiger partial charge in [-0.1, -0.05) is 13.2 Å². The van der Waals surface area contributed by atoms with Gasteiger partial charge in [-0.25, -0.2) is 0 Å². The van der Waals surface area contributed by atoms with Crippen molar-refractivity contribution in [3.8, 4) is 0 Å². The Morgan fingerprint density at radius 3 is 2.52 bits per heavy atom. The minimum absolute atomic E-state index is 0.270. The van der Waals surface area contributed by atoms with Gasteiger partial charge in [0.2, 0.25) is 0 Å². The molecular formula is C18H30N2O3. The number of morpholine rings is 1. The molecule has 2 aliphatic heterocycles. The highest BCUT2D eigenvalue weighted by atomic mass is 16.5. The Kier molecular flexibility index (Phi) is 7.82. The summed E-state index contributed by atoms with van der Waals surface area (Å²) in [5, 5.41) is 10.1. The normalized spacial score (nSPS) is 22.0. The molecule has 5 nitrogen and oxygen atoms in total. The summed E-state index contributed by atoms with van der Waals surface area (Å²) in [5.41, 5.74) is 1.02. The first-order chi connectivity index (χ1) is 11.2. The van der Waals surface area contributed by atoms with Gasteiger partial charge in [-0.3, -0.25) is 9.80 Å². The number of ether oxygens (including phenoxy) is 2. The summed E-state index contributed by atoms with van der Waals surface area (Å²) in [6, 6.07) is 0. The maximum Gasteiger partial charge on any atom is 0.119 e. The van der Waals surface area contributed by atoms with Crippen LogP contribution in [0.15, 0.2) is 36.6 Å². The summed E-state index contributed by atoms with van der Waals surface area (Å²) >= 11 is 0. The molecule has 0 aromatic carbocycles. The average Bonchev–Trinajstić information content (AvgIpc) is 3.05. The average molecular weight is 322 g/mol. The van der Waals surface area contributed by atoms with Crippen LogP contribution >= 0.6 is 0 Å². The van der Waals surface area contributed by atoms with E-state index in [9.17, 15) is 5.11 Å². The van der Waals surface area contributed by atoms with Gasteiger partial charge in [0.25, 0.3) is 0 Å². The van der Waals surface area contributed by atoms with Crippen LogP contribution in [0.2, 0.25) is 0 Å². The number of hydrogen-bond donors (Lipinski definition) is 1. The summed E-state index contributed by atoms with van der Waals surface area (Å²) in [7, 11) is 0. The van der Waals surface area contributed by atoms with Gasteiger partial charge in [0.05, 0.1) is 13.2 Å². The summed E-state index contributed by atoms with van der Waals surface area (Å²) in [4.78, 5) is 4.59. The fraction of sp³-hybridized carbons (Fsp3) is 0.667. The molecule has 1 atom stereocenters. The first-order valence-electron chi connectivity index (χ1n) is 8.52. The summed E-state index contributed by atoms with van der Waals surface area (Å²) in [5.74, 6) is 0.676. The number of hydrogen-bond acceptors (Lipinski definition) is 5. The monoisotopic (exact) mass is 322 g/mol. The van der Waals surface area contributed by atoms with Crippen molar-refractivity contribution in [3.63, 3.8) is 0 Å². The minimum Gasteiger partial charge on any atom is -0.491 e. The zero-order valence-electron chi connectivity index (χ0n) is 14.1. The highest BCUT2D eigenvalue weighted by Gasteiger charge is 2.16. The number of nitrogens with zero attached hydrogens (tertiary/aromatic N) is 2. The Hall–Kier alpha value is -1.14. The van der Waals surface area contributed by atoms with Crippen molar-refractivity contribution in [1.82, 2.24) is 9.80 Å². The molecule has 0 aliphatic carbocycles. The van der Waals surface area contributed by atoms with E-state index >= 15 is 0 Å². The van der Waals surface area contributed by atoms with Crippen LogP contribution in [-0.4, -0.2) is 80.1 Å². The molecule has 2 saturated heterocycles. The van der Waals surface area contributed by atoms with Crippen LogP contribution in [0.3, 0.4) is 0 Å². The largest absolute Gasteiger partial charge is 0.491 e. The molecule has 0 saturated carbocycles. The quantitative estimate of drug-likeness (QED) is 0.514. The molecule has 2 heterocycles. The van der Waals surface area contributed by atoms with Crippen LogP contribution in [0, 0.1) is 0 Å². The summed E-state index contributed by atoms with van der Waals surface area (Å²) in [6.07, 6.45) is 5.64. The van der Waals surface area contributed by atoms with Crippen LogP contribution in [0.1, 0.15) is 12.8 Å². The van der Waals surface area contributed by atoms with E-state index in [-0.39, 0.29) is 6.61 Å². The highest BCUT2D eigenvalue weighted by Crippen LogP contribution is 2.12. The first kappa shape index (κ1) is 18.2. The van der Waals surface area contributed by atoms with Gasteiger partial charge in [0.1, 0.15) is 18.5 Å². The van der Waals surface area contributed by atoms with E-state index in [0.29, 0.717) is 12.3 Å². The predicted octanol–water partition coefficient (Wildman–Crippen LogP) is 1.42. The van der Waals surface area contributed by atoms with Gasteiger partial charge in [-0.05, 0) is 43.7 Å². The lowest BCUT2D eigenvalue weighted by molar-refractivity contribution is -0.00230. The maximum atomic E-state index is 10.1. The molecule has 0 bridgehead atoms. The van der Waals surface area contributed by atoms with E-state index in [1.165, 1.54) is 12.8 Å². The Balaban J connectivity index is 1.70. The third kappa shape index (κ3) is 6.87. The third-order valence-corrected chi connectivity index (χ3v) is 4.19. The molecule has 130 valence electrons. The second-order valence-corrected chi connectivity index (χ2v) is 6.27. The standard InChI is InChI=1S/C18H30N2O3/c1-3-18(12-16(2)13-19-6-4-5-7-19)23-15-17(21)14-20-8-10-22-11-9-20/h3,12,17,21H,1-2,4-11,13-15H2/b18-12+. The van der Waals surface area contributed by atoms with E-state index in [0.717, 1.165) is 51.5 Å². The van der Waals surface area contributed by atoms with Crippen molar-refractivity contribution < 1.29 is 14.6 Å². The van der Waals surface area contributed by atoms with Gasteiger partial charge >= 0.3 is 0 Å². The fourth-order valence-corrected chi connectivity index (χ4v) is 2.96. The molecule has 0 amide bonds. The van der Waals surface area contributed by atoms with E-state index in [2.05, 4.69) is 23.0 Å². The number of β-amino-alcohol motifs (C(OH)–C–C–N with tert-alkyl or cyclic N) is 1. The van der Waals surface area contributed by atoms with Gasteiger partial charge < -0.3 is 14.6 Å². The highest BCUT2D eigenvalue weighted by molar-refractivity contribution is 5.24. The molecule has 2 fully saturated rings. The van der Waals surface area contributed by atoms with E-state index in [4.69, 9.17) is 9.47 Å². The lowest BCUT2D eigenvalue weighted by atomic mass is 10.2. The van der Waals surface area contributed by atoms with E-state index < -0.39 is 6.10 Å². The molecule has 1 N–H and O–H groups in total. The maximum absolute atomic E-state index is 10.1. The smallest absolute Gasteiger partial charge is 0.119 e. The van der Waals surface area contributed by atoms with Gasteiger partial charge in [0, 0.05) is 26.2 Å². The number of aliphatic hydroxyl groups is 1. The van der Waals surface area contributed by atoms with Crippen LogP contribution in [0.25, 0.3) is 0 Å². The molecule has 1 unspecified atom stereocenters. The molecule has 2 rings (SSSR count). The second kappa shape index (κ2) is 9.88. The number of rotatable bonds is 9. The van der Waals surface area contributed by atoms with Crippen molar-refractivity contribution in [2.75, 3.05) is 59.1 Å². The van der Waals surface area contributed by atoms with Crippen LogP contribution in [0.5, 0.6) is 0 Å². The zero-order valence-corrected chi connectivity index (χ0v) is 14.1. The Morgan fingerprint density at radius 1 is 1.17 bits per heavy atom. The fourth-order valence-electron chi connectivity index (χ4n) is 2.96. The lowest BCUT2D eigenvalue weighted by Gasteiger charge is -2.28. The molecule has 0 radical (unpaired) electrons. The Morgan fingerprint density at radius 2 is 1.87 bits per heavy atom. The van der Waals surface area contributed by atoms with Crippen LogP contribution in [0.4, 0.5) is 0 Å². The zero-order chi connectivity index (χ0) is 16.5. The SMILES string of the molecule is C=C/C(=C\C(=C)CN1CCCC1)OCC(O)CN1CCOCC1. The summed E-state index contributed by atoms with van der Waals surface area (Å²) in [6.45, 7) is 15.1. The molecule has 23 heavy (non-hydrogen) atoms. The third-order valence-electron chi connectivity index (χ3n) is 4.19. The number of aliphatic hydroxyl groups excluding tert-OH is 1. The topological polar surface area (TPSA) is 45.2 Å². The predicted molar refractivity (Wildman–Crippen MR) is 92.3 cm³/mol. The van der Waals surface area contributed by atoms with Crippen molar-refractivity contribution in [2.45, 2.75) is 18.9 Å². The van der Waals surface area contributed by atoms with Crippen LogP contribution < -0.4 is 0 Å². The Labute approximate surface area is 139 Å². The van der Waals surface area contributed by atoms with Gasteiger partial charge in [-0.15, -0.1) is 0 Å². The molecule has 2 aliphatic rings. The van der Waals surface area contributed by atoms with Crippen molar-refractivity contribution in [3.05, 3.63) is 36.6 Å². The van der Waals surface area contributed by atoms with Gasteiger partial charge in [0.15, 0.2) is 0 Å². The molecule has 0 spiro atoms. The van der Waals surface area contributed by atoms with Crippen molar-refractivity contribution in [2.24, 2.45) is 0 Å². The number of allylic oxidation sites excluding steroid dienone is 1. The summed E-state index contributed by atoms with van der Waals surface area (Å²) < 4.78 is 11.0. The van der Waals surface area contributed by atoms with Crippen LogP contribution in [-0.2, 0) is 9.47 Å². The van der Waals surface area contributed by atoms with E-state index in [1.54, 1.807) is 6.08 Å². The van der Waals surface area contributed by atoms with Crippen molar-refractivity contribution >= 4 is 0 Å².